The second kappa shape index (κ2) is 7.52. The smallest absolute Gasteiger partial charge is 0.269 e. The summed E-state index contributed by atoms with van der Waals surface area (Å²) < 4.78 is 0. The Morgan fingerprint density at radius 3 is 2.29 bits per heavy atom. The number of carbonyl (C=O) groups is 2. The fraction of sp³-hybridized carbons (Fsp3) is 0.0556. The summed E-state index contributed by atoms with van der Waals surface area (Å²) in [6.07, 6.45) is 0.110. The Hall–Kier alpha value is -2.99. The topological polar surface area (TPSA) is 71.1 Å². The van der Waals surface area contributed by atoms with E-state index in [1.807, 2.05) is 41.8 Å². The molecule has 0 spiro atoms. The highest BCUT2D eigenvalue weighted by Gasteiger charge is 2.10. The van der Waals surface area contributed by atoms with E-state index in [1.54, 1.807) is 24.3 Å². The van der Waals surface area contributed by atoms with Gasteiger partial charge in [0.15, 0.2) is 0 Å². The van der Waals surface area contributed by atoms with Gasteiger partial charge in [-0.15, -0.1) is 11.3 Å². The molecule has 2 N–H and O–H groups in total. The number of nitrogens with one attached hydrogen (secondary N) is 2. The molecule has 6 heteroatoms. The van der Waals surface area contributed by atoms with Gasteiger partial charge >= 0.3 is 0 Å². The van der Waals surface area contributed by atoms with E-state index in [-0.39, 0.29) is 18.2 Å². The van der Waals surface area contributed by atoms with Crippen LogP contribution in [-0.4, -0.2) is 16.8 Å². The van der Waals surface area contributed by atoms with Crippen LogP contribution in [0.15, 0.2) is 66.0 Å². The zero-order valence-corrected chi connectivity index (χ0v) is 13.5. The summed E-state index contributed by atoms with van der Waals surface area (Å²) in [6.45, 7) is 0. The largest absolute Gasteiger partial charge is 0.273 e. The third-order valence-electron chi connectivity index (χ3n) is 3.27. The summed E-state index contributed by atoms with van der Waals surface area (Å²) in [5.41, 5.74) is 6.97. The van der Waals surface area contributed by atoms with Crippen molar-refractivity contribution in [3.8, 4) is 10.6 Å². The van der Waals surface area contributed by atoms with Crippen molar-refractivity contribution in [3.05, 3.63) is 77.3 Å². The quantitative estimate of drug-likeness (QED) is 0.719. The molecule has 5 nitrogen and oxygen atoms in total. The fourth-order valence-corrected chi connectivity index (χ4v) is 2.92. The molecule has 120 valence electrons. The molecule has 0 aliphatic rings. The van der Waals surface area contributed by atoms with Crippen LogP contribution in [0.5, 0.6) is 0 Å². The van der Waals surface area contributed by atoms with Gasteiger partial charge in [0.05, 0.1) is 12.1 Å². The van der Waals surface area contributed by atoms with Crippen LogP contribution in [-0.2, 0) is 11.2 Å². The number of rotatable bonds is 4. The first-order valence-corrected chi connectivity index (χ1v) is 8.24. The van der Waals surface area contributed by atoms with Crippen molar-refractivity contribution in [1.29, 1.82) is 0 Å². The van der Waals surface area contributed by atoms with E-state index >= 15 is 0 Å². The molecule has 3 aromatic rings. The molecular weight excluding hydrogens is 322 g/mol. The minimum atomic E-state index is -0.354. The molecular formula is C18H15N3O2S. The molecule has 24 heavy (non-hydrogen) atoms. The van der Waals surface area contributed by atoms with Gasteiger partial charge in [-0.2, -0.15) is 0 Å². The Bertz CT molecular complexity index is 832. The number of hydrogen-bond acceptors (Lipinski definition) is 4. The van der Waals surface area contributed by atoms with Gasteiger partial charge in [0.25, 0.3) is 5.91 Å². The lowest BCUT2D eigenvalue weighted by atomic mass is 10.2. The molecule has 1 heterocycles. The fourth-order valence-electron chi connectivity index (χ4n) is 2.10. The summed E-state index contributed by atoms with van der Waals surface area (Å²) >= 11 is 1.49. The van der Waals surface area contributed by atoms with Crippen LogP contribution in [0.1, 0.15) is 16.1 Å². The van der Waals surface area contributed by atoms with Gasteiger partial charge in [-0.25, -0.2) is 4.98 Å². The zero-order chi connectivity index (χ0) is 16.8. The number of thiazole rings is 1. The van der Waals surface area contributed by atoms with E-state index in [1.165, 1.54) is 11.3 Å². The van der Waals surface area contributed by atoms with E-state index in [0.29, 0.717) is 11.3 Å². The second-order valence-electron chi connectivity index (χ2n) is 5.06. The molecule has 2 aromatic carbocycles. The summed E-state index contributed by atoms with van der Waals surface area (Å²) in [5, 5.41) is 2.72. The van der Waals surface area contributed by atoms with Crippen molar-refractivity contribution in [1.82, 2.24) is 15.8 Å². The maximum Gasteiger partial charge on any atom is 0.269 e. The van der Waals surface area contributed by atoms with Gasteiger partial charge in [-0.05, 0) is 12.1 Å². The highest BCUT2D eigenvalue weighted by molar-refractivity contribution is 7.13. The van der Waals surface area contributed by atoms with Crippen molar-refractivity contribution in [3.63, 3.8) is 0 Å². The summed E-state index contributed by atoms with van der Waals surface area (Å²) in [7, 11) is 0. The van der Waals surface area contributed by atoms with Crippen LogP contribution in [0.3, 0.4) is 0 Å². The standard InChI is InChI=1S/C18H15N3O2S/c22-16(20-21-17(23)13-7-3-1-4-8-13)11-15-12-24-18(19-15)14-9-5-2-6-10-14/h1-10,12H,11H2,(H,20,22)(H,21,23). The van der Waals surface area contributed by atoms with E-state index in [9.17, 15) is 9.59 Å². The predicted molar refractivity (Wildman–Crippen MR) is 93.3 cm³/mol. The van der Waals surface area contributed by atoms with Crippen LogP contribution in [0.2, 0.25) is 0 Å². The van der Waals surface area contributed by atoms with Gasteiger partial charge < -0.3 is 0 Å². The van der Waals surface area contributed by atoms with Crippen LogP contribution >= 0.6 is 11.3 Å². The van der Waals surface area contributed by atoms with E-state index in [0.717, 1.165) is 10.6 Å². The number of hydrogen-bond donors (Lipinski definition) is 2. The zero-order valence-electron chi connectivity index (χ0n) is 12.7. The number of aromatic nitrogens is 1. The Kier molecular flexibility index (Phi) is 4.98. The minimum absolute atomic E-state index is 0.110. The molecule has 1 aromatic heterocycles. The second-order valence-corrected chi connectivity index (χ2v) is 5.91. The van der Waals surface area contributed by atoms with Crippen molar-refractivity contribution in [2.24, 2.45) is 0 Å². The van der Waals surface area contributed by atoms with Crippen LogP contribution in [0.25, 0.3) is 10.6 Å². The highest BCUT2D eigenvalue weighted by Crippen LogP contribution is 2.23. The maximum absolute atomic E-state index is 11.9. The SMILES string of the molecule is O=C(Cc1csc(-c2ccccc2)n1)NNC(=O)c1ccccc1. The van der Waals surface area contributed by atoms with Crippen molar-refractivity contribution < 1.29 is 9.59 Å². The lowest BCUT2D eigenvalue weighted by Crippen LogP contribution is -2.42. The monoisotopic (exact) mass is 337 g/mol. The van der Waals surface area contributed by atoms with Crippen LogP contribution < -0.4 is 10.9 Å². The Labute approximate surface area is 143 Å². The molecule has 0 saturated heterocycles. The van der Waals surface area contributed by atoms with E-state index in [4.69, 9.17) is 0 Å². The Balaban J connectivity index is 1.54. The van der Waals surface area contributed by atoms with Crippen molar-refractivity contribution >= 4 is 23.2 Å². The Morgan fingerprint density at radius 2 is 1.58 bits per heavy atom. The molecule has 0 atom stereocenters. The third-order valence-corrected chi connectivity index (χ3v) is 4.21. The lowest BCUT2D eigenvalue weighted by Gasteiger charge is -2.06. The summed E-state index contributed by atoms with van der Waals surface area (Å²) in [6, 6.07) is 18.5. The molecule has 0 bridgehead atoms. The van der Waals surface area contributed by atoms with Gasteiger partial charge in [-0.3, -0.25) is 20.4 Å². The minimum Gasteiger partial charge on any atom is -0.273 e. The van der Waals surface area contributed by atoms with E-state index < -0.39 is 0 Å². The highest BCUT2D eigenvalue weighted by atomic mass is 32.1. The number of hydrazine groups is 1. The van der Waals surface area contributed by atoms with Crippen LogP contribution in [0, 0.1) is 0 Å². The van der Waals surface area contributed by atoms with E-state index in [2.05, 4.69) is 15.8 Å². The van der Waals surface area contributed by atoms with Gasteiger partial charge in [0, 0.05) is 16.5 Å². The molecule has 0 fully saturated rings. The van der Waals surface area contributed by atoms with Gasteiger partial charge in [0.1, 0.15) is 5.01 Å². The third kappa shape index (κ3) is 4.05. The summed E-state index contributed by atoms with van der Waals surface area (Å²) in [5.74, 6) is -0.670. The normalized spacial score (nSPS) is 10.2. The lowest BCUT2D eigenvalue weighted by molar-refractivity contribution is -0.121. The molecule has 0 unspecified atom stereocenters. The first-order chi connectivity index (χ1) is 11.7. The molecule has 0 aliphatic heterocycles. The van der Waals surface area contributed by atoms with Crippen molar-refractivity contribution in [2.45, 2.75) is 6.42 Å². The Morgan fingerprint density at radius 1 is 0.917 bits per heavy atom. The number of nitrogens with zero attached hydrogens (tertiary/aromatic N) is 1. The van der Waals surface area contributed by atoms with Gasteiger partial charge in [-0.1, -0.05) is 48.5 Å². The average molecular weight is 337 g/mol. The number of benzene rings is 2. The predicted octanol–water partition coefficient (Wildman–Crippen LogP) is 2.81. The molecule has 0 saturated carbocycles. The average Bonchev–Trinajstić information content (AvgIpc) is 3.09. The maximum atomic E-state index is 11.9. The summed E-state index contributed by atoms with van der Waals surface area (Å²) in [4.78, 5) is 28.2. The van der Waals surface area contributed by atoms with Crippen molar-refractivity contribution in [2.75, 3.05) is 0 Å². The molecule has 0 radical (unpaired) electrons. The number of carbonyl (C=O) groups excluding carboxylic acids is 2. The van der Waals surface area contributed by atoms with Gasteiger partial charge in [0.2, 0.25) is 5.91 Å². The molecule has 0 aliphatic carbocycles. The van der Waals surface area contributed by atoms with Crippen LogP contribution in [0.4, 0.5) is 0 Å². The molecule has 3 rings (SSSR count). The molecule has 2 amide bonds. The first kappa shape index (κ1) is 15.9. The number of amides is 2. The first-order valence-electron chi connectivity index (χ1n) is 7.36.